The van der Waals surface area contributed by atoms with E-state index >= 15 is 0 Å². The Kier molecular flexibility index (Phi) is 4.74. The predicted octanol–water partition coefficient (Wildman–Crippen LogP) is 4.54. The maximum absolute atomic E-state index is 6.10. The van der Waals surface area contributed by atoms with Crippen LogP contribution in [0.15, 0.2) is 36.5 Å². The van der Waals surface area contributed by atoms with E-state index in [1.165, 1.54) is 5.56 Å². The van der Waals surface area contributed by atoms with Crippen molar-refractivity contribution in [1.82, 2.24) is 15.0 Å². The van der Waals surface area contributed by atoms with Crippen LogP contribution >= 0.6 is 11.6 Å². The summed E-state index contributed by atoms with van der Waals surface area (Å²) in [5, 5.41) is 0.483. The Morgan fingerprint density at radius 2 is 1.80 bits per heavy atom. The van der Waals surface area contributed by atoms with E-state index in [2.05, 4.69) is 27.1 Å². The van der Waals surface area contributed by atoms with Crippen molar-refractivity contribution in [1.29, 1.82) is 0 Å². The smallest absolute Gasteiger partial charge is 0.156 e. The third kappa shape index (κ3) is 2.99. The number of fused-ring (bicyclic) bond motifs is 1. The minimum absolute atomic E-state index is 0.483. The second-order valence-corrected chi connectivity index (χ2v) is 4.62. The normalized spacial score (nSPS) is 10.2. The van der Waals surface area contributed by atoms with Gasteiger partial charge in [0.2, 0.25) is 0 Å². The van der Waals surface area contributed by atoms with Crippen molar-refractivity contribution < 1.29 is 0 Å². The van der Waals surface area contributed by atoms with E-state index < -0.39 is 0 Å². The molecule has 0 spiro atoms. The number of hydrogen-bond acceptors (Lipinski definition) is 2. The molecule has 0 bridgehead atoms. The van der Waals surface area contributed by atoms with Gasteiger partial charge in [0, 0.05) is 18.2 Å². The molecule has 3 aromatic rings. The number of H-pyrrole nitrogens is 1. The lowest BCUT2D eigenvalue weighted by molar-refractivity contribution is 1.08. The molecular weight excluding hydrogens is 270 g/mol. The summed E-state index contributed by atoms with van der Waals surface area (Å²) in [5.74, 6) is 0.696. The molecule has 2 aromatic heterocycles. The molecule has 0 fully saturated rings. The molecule has 2 heterocycles. The van der Waals surface area contributed by atoms with Crippen molar-refractivity contribution in [2.75, 3.05) is 0 Å². The number of aromatic nitrogens is 3. The minimum Gasteiger partial charge on any atom is -0.357 e. The number of nitrogens with one attached hydrogen (secondary N) is 1. The summed E-state index contributed by atoms with van der Waals surface area (Å²) in [7, 11) is 0. The average molecular weight is 288 g/mol. The lowest BCUT2D eigenvalue weighted by Gasteiger charge is -2.00. The molecule has 0 aliphatic rings. The van der Waals surface area contributed by atoms with E-state index in [0.29, 0.717) is 11.0 Å². The standard InChI is InChI=1S/C14H12ClN3.C2H6/c1-9-17-12-11(7-10-5-3-2-4-6-10)8-16-13(12)14(15)18-9;1-2/h2-6,8,16H,7H2,1H3;1-2H3. The van der Waals surface area contributed by atoms with Gasteiger partial charge in [-0.15, -0.1) is 0 Å². The first kappa shape index (κ1) is 14.5. The lowest BCUT2D eigenvalue weighted by atomic mass is 10.1. The van der Waals surface area contributed by atoms with Crippen molar-refractivity contribution >= 4 is 22.6 Å². The second-order valence-electron chi connectivity index (χ2n) is 4.26. The van der Waals surface area contributed by atoms with Crippen LogP contribution in [-0.2, 0) is 6.42 Å². The van der Waals surface area contributed by atoms with Crippen LogP contribution in [0.25, 0.3) is 11.0 Å². The van der Waals surface area contributed by atoms with Gasteiger partial charge in [0.1, 0.15) is 11.3 Å². The van der Waals surface area contributed by atoms with Gasteiger partial charge in [-0.3, -0.25) is 0 Å². The van der Waals surface area contributed by atoms with Gasteiger partial charge in [-0.2, -0.15) is 0 Å². The summed E-state index contributed by atoms with van der Waals surface area (Å²) in [4.78, 5) is 11.8. The quantitative estimate of drug-likeness (QED) is 0.703. The highest BCUT2D eigenvalue weighted by molar-refractivity contribution is 6.33. The number of aryl methyl sites for hydroxylation is 1. The average Bonchev–Trinajstić information content (AvgIpc) is 2.86. The summed E-state index contributed by atoms with van der Waals surface area (Å²) < 4.78 is 0. The Morgan fingerprint density at radius 1 is 1.10 bits per heavy atom. The van der Waals surface area contributed by atoms with E-state index in [0.717, 1.165) is 23.0 Å². The minimum atomic E-state index is 0.483. The summed E-state index contributed by atoms with van der Waals surface area (Å²) in [6, 6.07) is 10.3. The van der Waals surface area contributed by atoms with Crippen LogP contribution in [-0.4, -0.2) is 15.0 Å². The molecule has 1 N–H and O–H groups in total. The Morgan fingerprint density at radius 3 is 2.50 bits per heavy atom. The van der Waals surface area contributed by atoms with E-state index in [4.69, 9.17) is 11.6 Å². The van der Waals surface area contributed by atoms with Crippen molar-refractivity contribution in [3.05, 3.63) is 58.6 Å². The van der Waals surface area contributed by atoms with Gasteiger partial charge in [-0.25, -0.2) is 9.97 Å². The highest BCUT2D eigenvalue weighted by Crippen LogP contribution is 2.24. The van der Waals surface area contributed by atoms with E-state index in [-0.39, 0.29) is 0 Å². The highest BCUT2D eigenvalue weighted by Gasteiger charge is 2.10. The first-order valence-corrected chi connectivity index (χ1v) is 7.16. The molecule has 0 aliphatic carbocycles. The predicted molar refractivity (Wildman–Crippen MR) is 84.2 cm³/mol. The molecule has 3 rings (SSSR count). The van der Waals surface area contributed by atoms with Crippen LogP contribution < -0.4 is 0 Å². The number of nitrogens with zero attached hydrogens (tertiary/aromatic N) is 2. The fourth-order valence-electron chi connectivity index (χ4n) is 2.08. The first-order chi connectivity index (χ1) is 9.74. The molecule has 0 saturated heterocycles. The molecule has 3 nitrogen and oxygen atoms in total. The van der Waals surface area contributed by atoms with Gasteiger partial charge >= 0.3 is 0 Å². The van der Waals surface area contributed by atoms with E-state index in [1.807, 2.05) is 45.2 Å². The third-order valence-corrected chi connectivity index (χ3v) is 3.18. The topological polar surface area (TPSA) is 41.6 Å². The summed E-state index contributed by atoms with van der Waals surface area (Å²) in [6.45, 7) is 5.85. The maximum atomic E-state index is 6.10. The molecule has 4 heteroatoms. The number of halogens is 1. The van der Waals surface area contributed by atoms with Gasteiger partial charge in [0.25, 0.3) is 0 Å². The van der Waals surface area contributed by atoms with Crippen LogP contribution in [0.2, 0.25) is 5.15 Å². The molecule has 0 saturated carbocycles. The summed E-state index contributed by atoms with van der Waals surface area (Å²) >= 11 is 6.10. The van der Waals surface area contributed by atoms with Crippen molar-refractivity contribution in [3.8, 4) is 0 Å². The van der Waals surface area contributed by atoms with E-state index in [1.54, 1.807) is 0 Å². The Balaban J connectivity index is 0.000000704. The zero-order valence-electron chi connectivity index (χ0n) is 11.9. The first-order valence-electron chi connectivity index (χ1n) is 6.78. The molecule has 20 heavy (non-hydrogen) atoms. The molecule has 0 radical (unpaired) electrons. The third-order valence-electron chi connectivity index (χ3n) is 2.91. The van der Waals surface area contributed by atoms with Gasteiger partial charge in [-0.05, 0) is 12.5 Å². The van der Waals surface area contributed by atoms with Gasteiger partial charge in [-0.1, -0.05) is 55.8 Å². The van der Waals surface area contributed by atoms with Crippen molar-refractivity contribution in [2.24, 2.45) is 0 Å². The number of benzene rings is 1. The molecule has 0 unspecified atom stereocenters. The summed E-state index contributed by atoms with van der Waals surface area (Å²) in [5.41, 5.74) is 4.12. The number of aromatic amines is 1. The van der Waals surface area contributed by atoms with Crippen molar-refractivity contribution in [2.45, 2.75) is 27.2 Å². The van der Waals surface area contributed by atoms with Crippen molar-refractivity contribution in [3.63, 3.8) is 0 Å². The lowest BCUT2D eigenvalue weighted by Crippen LogP contribution is -1.92. The van der Waals surface area contributed by atoms with Gasteiger partial charge in [0.15, 0.2) is 5.15 Å². The fraction of sp³-hybridized carbons (Fsp3) is 0.250. The molecule has 1 aromatic carbocycles. The Hall–Kier alpha value is -1.87. The molecular formula is C16H18ClN3. The van der Waals surface area contributed by atoms with E-state index in [9.17, 15) is 0 Å². The Bertz CT molecular complexity index is 690. The number of rotatable bonds is 2. The molecule has 0 aliphatic heterocycles. The molecule has 0 amide bonds. The van der Waals surface area contributed by atoms with Crippen LogP contribution in [0.1, 0.15) is 30.8 Å². The van der Waals surface area contributed by atoms with Crippen LogP contribution in [0.5, 0.6) is 0 Å². The number of hydrogen-bond donors (Lipinski definition) is 1. The second kappa shape index (κ2) is 6.53. The maximum Gasteiger partial charge on any atom is 0.156 e. The molecule has 104 valence electrons. The highest BCUT2D eigenvalue weighted by atomic mass is 35.5. The fourth-order valence-corrected chi connectivity index (χ4v) is 2.34. The van der Waals surface area contributed by atoms with Crippen LogP contribution in [0.4, 0.5) is 0 Å². The summed E-state index contributed by atoms with van der Waals surface area (Å²) in [6.07, 6.45) is 2.80. The Labute approximate surface area is 124 Å². The zero-order valence-corrected chi connectivity index (χ0v) is 12.7. The van der Waals surface area contributed by atoms with Crippen LogP contribution in [0, 0.1) is 6.92 Å². The monoisotopic (exact) mass is 287 g/mol. The van der Waals surface area contributed by atoms with Crippen LogP contribution in [0.3, 0.4) is 0 Å². The largest absolute Gasteiger partial charge is 0.357 e. The zero-order chi connectivity index (χ0) is 14.5. The van der Waals surface area contributed by atoms with Gasteiger partial charge < -0.3 is 4.98 Å². The molecule has 0 atom stereocenters. The van der Waals surface area contributed by atoms with Gasteiger partial charge in [0.05, 0.1) is 5.52 Å². The SMILES string of the molecule is CC.Cc1nc(Cl)c2[nH]cc(Cc3ccccc3)c2n1.